The molecule has 122 valence electrons. The van der Waals surface area contributed by atoms with Gasteiger partial charge >= 0.3 is 6.18 Å². The highest BCUT2D eigenvalue weighted by atomic mass is 32.1. The van der Waals surface area contributed by atoms with Crippen molar-refractivity contribution in [2.45, 2.75) is 32.4 Å². The number of alkyl halides is 3. The molecule has 2 aromatic rings. The van der Waals surface area contributed by atoms with E-state index in [1.807, 2.05) is 0 Å². The summed E-state index contributed by atoms with van der Waals surface area (Å²) in [5.74, 6) is 0.122. The number of para-hydroxylation sites is 1. The zero-order valence-electron chi connectivity index (χ0n) is 12.5. The number of anilines is 1. The van der Waals surface area contributed by atoms with Crippen molar-refractivity contribution in [2.75, 3.05) is 5.32 Å². The van der Waals surface area contributed by atoms with Crippen LogP contribution >= 0.6 is 11.3 Å². The Labute approximate surface area is 136 Å². The third kappa shape index (κ3) is 3.27. The monoisotopic (exact) mass is 339 g/mol. The molecule has 1 amide bonds. The lowest BCUT2D eigenvalue weighted by Crippen LogP contribution is -2.18. The number of amides is 1. The van der Waals surface area contributed by atoms with Crippen LogP contribution in [-0.4, -0.2) is 5.91 Å². The van der Waals surface area contributed by atoms with Crippen LogP contribution in [-0.2, 0) is 19.0 Å². The first kappa shape index (κ1) is 16.1. The fourth-order valence-electron chi connectivity index (χ4n) is 2.90. The molecule has 1 aliphatic carbocycles. The topological polar surface area (TPSA) is 29.1 Å². The number of benzene rings is 1. The quantitative estimate of drug-likeness (QED) is 0.806. The normalized spacial score (nSPS) is 17.7. The number of hydrogen-bond acceptors (Lipinski definition) is 2. The van der Waals surface area contributed by atoms with E-state index in [0.717, 1.165) is 30.9 Å². The van der Waals surface area contributed by atoms with Gasteiger partial charge in [-0.2, -0.15) is 13.2 Å². The molecule has 3 rings (SSSR count). The van der Waals surface area contributed by atoms with Crippen LogP contribution in [0.2, 0.25) is 0 Å². The van der Waals surface area contributed by atoms with Crippen LogP contribution in [0.3, 0.4) is 0 Å². The number of halogens is 3. The second-order valence-corrected chi connectivity index (χ2v) is 6.86. The standard InChI is InChI=1S/C17H16F3NOS/c1-10-6-7-11-12(9-23-15(11)8-10)16(22)21-14-5-3-2-4-13(14)17(18,19)20/h2-5,9-10H,6-8H2,1H3,(H,21,22). The van der Waals surface area contributed by atoms with Gasteiger partial charge in [0, 0.05) is 10.3 Å². The first-order valence-electron chi connectivity index (χ1n) is 7.43. The lowest BCUT2D eigenvalue weighted by atomic mass is 9.88. The maximum Gasteiger partial charge on any atom is 0.418 e. The van der Waals surface area contributed by atoms with Gasteiger partial charge in [0.05, 0.1) is 16.8 Å². The summed E-state index contributed by atoms with van der Waals surface area (Å²) in [7, 11) is 0. The summed E-state index contributed by atoms with van der Waals surface area (Å²) < 4.78 is 39.0. The molecule has 0 aliphatic heterocycles. The van der Waals surface area contributed by atoms with E-state index in [4.69, 9.17) is 0 Å². The zero-order chi connectivity index (χ0) is 16.6. The van der Waals surface area contributed by atoms with Gasteiger partial charge in [-0.15, -0.1) is 11.3 Å². The van der Waals surface area contributed by atoms with Crippen molar-refractivity contribution in [3.63, 3.8) is 0 Å². The molecule has 0 saturated heterocycles. The van der Waals surface area contributed by atoms with Gasteiger partial charge in [0.2, 0.25) is 0 Å². The highest BCUT2D eigenvalue weighted by Gasteiger charge is 2.34. The fraction of sp³-hybridized carbons (Fsp3) is 0.353. The van der Waals surface area contributed by atoms with Crippen LogP contribution in [0, 0.1) is 5.92 Å². The number of carbonyl (C=O) groups excluding carboxylic acids is 1. The van der Waals surface area contributed by atoms with Crippen LogP contribution in [0.25, 0.3) is 0 Å². The molecule has 1 unspecified atom stereocenters. The molecule has 0 saturated carbocycles. The van der Waals surface area contributed by atoms with E-state index < -0.39 is 17.6 Å². The Hall–Kier alpha value is -1.82. The first-order chi connectivity index (χ1) is 10.9. The van der Waals surface area contributed by atoms with Gasteiger partial charge in [-0.05, 0) is 42.9 Å². The van der Waals surface area contributed by atoms with E-state index in [2.05, 4.69) is 12.2 Å². The average Bonchev–Trinajstić information content (AvgIpc) is 2.89. The summed E-state index contributed by atoms with van der Waals surface area (Å²) in [5, 5.41) is 4.19. The molecule has 1 aromatic carbocycles. The van der Waals surface area contributed by atoms with Gasteiger partial charge in [-0.25, -0.2) is 0 Å². The van der Waals surface area contributed by atoms with Gasteiger partial charge in [-0.3, -0.25) is 4.79 Å². The van der Waals surface area contributed by atoms with Gasteiger partial charge in [-0.1, -0.05) is 19.1 Å². The molecule has 0 fully saturated rings. The van der Waals surface area contributed by atoms with E-state index in [-0.39, 0.29) is 5.69 Å². The molecule has 1 heterocycles. The Morgan fingerprint density at radius 1 is 1.30 bits per heavy atom. The summed E-state index contributed by atoms with van der Waals surface area (Å²) in [6.45, 7) is 2.17. The van der Waals surface area contributed by atoms with Crippen molar-refractivity contribution < 1.29 is 18.0 Å². The summed E-state index contributed by atoms with van der Waals surface area (Å²) in [5.41, 5.74) is 0.476. The maximum absolute atomic E-state index is 13.0. The lowest BCUT2D eigenvalue weighted by Gasteiger charge is -2.19. The zero-order valence-corrected chi connectivity index (χ0v) is 13.4. The minimum absolute atomic E-state index is 0.200. The molecule has 2 nitrogen and oxygen atoms in total. The molecular formula is C17H16F3NOS. The van der Waals surface area contributed by atoms with Crippen molar-refractivity contribution in [3.8, 4) is 0 Å². The average molecular weight is 339 g/mol. The number of nitrogens with one attached hydrogen (secondary N) is 1. The van der Waals surface area contributed by atoms with Crippen LogP contribution in [0.5, 0.6) is 0 Å². The second-order valence-electron chi connectivity index (χ2n) is 5.90. The van der Waals surface area contributed by atoms with E-state index >= 15 is 0 Å². The molecule has 0 bridgehead atoms. The molecule has 1 N–H and O–H groups in total. The van der Waals surface area contributed by atoms with Crippen LogP contribution in [0.4, 0.5) is 18.9 Å². The van der Waals surface area contributed by atoms with Crippen molar-refractivity contribution in [3.05, 3.63) is 51.2 Å². The Morgan fingerprint density at radius 3 is 2.78 bits per heavy atom. The molecule has 0 radical (unpaired) electrons. The van der Waals surface area contributed by atoms with Gasteiger partial charge < -0.3 is 5.32 Å². The maximum atomic E-state index is 13.0. The molecule has 1 atom stereocenters. The third-order valence-corrected chi connectivity index (χ3v) is 5.18. The van der Waals surface area contributed by atoms with Gasteiger partial charge in [0.25, 0.3) is 5.91 Å². The number of carbonyl (C=O) groups is 1. The highest BCUT2D eigenvalue weighted by molar-refractivity contribution is 7.10. The second kappa shape index (κ2) is 6.00. The number of hydrogen-bond donors (Lipinski definition) is 1. The molecule has 6 heteroatoms. The van der Waals surface area contributed by atoms with E-state index in [9.17, 15) is 18.0 Å². The number of thiophene rings is 1. The van der Waals surface area contributed by atoms with Crippen molar-refractivity contribution in [1.82, 2.24) is 0 Å². The predicted molar refractivity (Wildman–Crippen MR) is 84.9 cm³/mol. The van der Waals surface area contributed by atoms with Gasteiger partial charge in [0.1, 0.15) is 0 Å². The predicted octanol–water partition coefficient (Wildman–Crippen LogP) is 5.14. The highest BCUT2D eigenvalue weighted by Crippen LogP contribution is 2.36. The largest absolute Gasteiger partial charge is 0.418 e. The Kier molecular flexibility index (Phi) is 4.19. The molecule has 1 aliphatic rings. The third-order valence-electron chi connectivity index (χ3n) is 4.13. The Morgan fingerprint density at radius 2 is 2.04 bits per heavy atom. The first-order valence-corrected chi connectivity index (χ1v) is 8.31. The minimum atomic E-state index is -4.49. The van der Waals surface area contributed by atoms with Crippen molar-refractivity contribution >= 4 is 22.9 Å². The van der Waals surface area contributed by atoms with Crippen molar-refractivity contribution in [2.24, 2.45) is 5.92 Å². The Balaban J connectivity index is 1.87. The fourth-order valence-corrected chi connectivity index (χ4v) is 4.14. The molecule has 23 heavy (non-hydrogen) atoms. The molecule has 1 aromatic heterocycles. The summed E-state index contributed by atoms with van der Waals surface area (Å²) in [4.78, 5) is 13.6. The van der Waals surface area contributed by atoms with Crippen LogP contribution in [0.15, 0.2) is 29.6 Å². The smallest absolute Gasteiger partial charge is 0.321 e. The summed E-state index contributed by atoms with van der Waals surface area (Å²) in [6, 6.07) is 5.05. The van der Waals surface area contributed by atoms with Crippen LogP contribution < -0.4 is 5.32 Å². The van der Waals surface area contributed by atoms with E-state index in [1.165, 1.54) is 34.4 Å². The SMILES string of the molecule is CC1CCc2c(C(=O)Nc3ccccc3C(F)(F)F)csc2C1. The summed E-state index contributed by atoms with van der Waals surface area (Å²) >= 11 is 1.52. The minimum Gasteiger partial charge on any atom is -0.321 e. The Bertz CT molecular complexity index is 736. The van der Waals surface area contributed by atoms with Crippen molar-refractivity contribution in [1.29, 1.82) is 0 Å². The van der Waals surface area contributed by atoms with E-state index in [1.54, 1.807) is 5.38 Å². The number of rotatable bonds is 2. The number of fused-ring (bicyclic) bond motifs is 1. The molecular weight excluding hydrogens is 323 g/mol. The summed E-state index contributed by atoms with van der Waals surface area (Å²) in [6.07, 6.45) is -1.74. The lowest BCUT2D eigenvalue weighted by molar-refractivity contribution is -0.136. The van der Waals surface area contributed by atoms with Crippen LogP contribution in [0.1, 0.15) is 39.7 Å². The molecule has 0 spiro atoms. The van der Waals surface area contributed by atoms with Gasteiger partial charge in [0.15, 0.2) is 0 Å². The van der Waals surface area contributed by atoms with E-state index in [0.29, 0.717) is 11.5 Å².